The highest BCUT2D eigenvalue weighted by atomic mass is 127. The highest BCUT2D eigenvalue weighted by Gasteiger charge is 2.22. The molecular formula is C17H14IN3O2S. The van der Waals surface area contributed by atoms with E-state index in [0.29, 0.717) is 5.88 Å². The fraction of sp³-hybridized carbons (Fsp3) is 0.235. The van der Waals surface area contributed by atoms with Crippen molar-refractivity contribution in [2.24, 2.45) is 0 Å². The third kappa shape index (κ3) is 3.10. The second-order valence-corrected chi connectivity index (χ2v) is 7.89. The van der Waals surface area contributed by atoms with Crippen LogP contribution in [-0.2, 0) is 17.6 Å². The summed E-state index contributed by atoms with van der Waals surface area (Å²) < 4.78 is 6.82. The summed E-state index contributed by atoms with van der Waals surface area (Å²) in [6.45, 7) is -0.0667. The summed E-state index contributed by atoms with van der Waals surface area (Å²) in [5.41, 5.74) is 2.05. The number of aryl methyl sites for hydroxylation is 2. The number of rotatable bonds is 4. The smallest absolute Gasteiger partial charge is 0.262 e. The van der Waals surface area contributed by atoms with Crippen LogP contribution in [0.15, 0.2) is 30.6 Å². The third-order valence-electron chi connectivity index (χ3n) is 3.93. The zero-order valence-corrected chi connectivity index (χ0v) is 15.7. The quantitative estimate of drug-likeness (QED) is 0.613. The van der Waals surface area contributed by atoms with Gasteiger partial charge in [0.15, 0.2) is 6.61 Å². The average Bonchev–Trinajstić information content (AvgIpc) is 3.16. The Balaban J connectivity index is 1.48. The summed E-state index contributed by atoms with van der Waals surface area (Å²) >= 11 is 3.93. The Hall–Kier alpha value is -1.74. The molecule has 0 spiro atoms. The largest absolute Gasteiger partial charge is 0.467 e. The van der Waals surface area contributed by atoms with E-state index in [-0.39, 0.29) is 12.5 Å². The lowest BCUT2D eigenvalue weighted by Crippen LogP contribution is -2.20. The van der Waals surface area contributed by atoms with Crippen LogP contribution in [0.25, 0.3) is 10.2 Å². The molecule has 7 heteroatoms. The van der Waals surface area contributed by atoms with E-state index in [4.69, 9.17) is 4.74 Å². The topological polar surface area (TPSA) is 64.1 Å². The SMILES string of the molecule is O=C(COc1ncnc2sc3c(c12)CCC3)Nc1ccc(I)cc1. The standard InChI is InChI=1S/C17H14IN3O2S/c18-10-4-6-11(7-5-10)21-14(22)8-23-16-15-12-2-1-3-13(12)24-17(15)20-9-19-16/h4-7,9H,1-3,8H2,(H,21,22). The summed E-state index contributed by atoms with van der Waals surface area (Å²) in [6, 6.07) is 7.63. The average molecular weight is 451 g/mol. The minimum Gasteiger partial charge on any atom is -0.467 e. The molecule has 4 rings (SSSR count). The monoisotopic (exact) mass is 451 g/mol. The van der Waals surface area contributed by atoms with E-state index in [2.05, 4.69) is 37.9 Å². The second-order valence-electron chi connectivity index (χ2n) is 5.56. The molecule has 24 heavy (non-hydrogen) atoms. The van der Waals surface area contributed by atoms with Gasteiger partial charge in [0.05, 0.1) is 5.39 Å². The molecule has 1 aliphatic carbocycles. The molecule has 0 saturated heterocycles. The maximum absolute atomic E-state index is 12.1. The van der Waals surface area contributed by atoms with Crippen molar-refractivity contribution in [2.45, 2.75) is 19.3 Å². The number of hydrogen-bond donors (Lipinski definition) is 1. The summed E-state index contributed by atoms with van der Waals surface area (Å²) in [5, 5.41) is 3.81. The van der Waals surface area contributed by atoms with Crippen LogP contribution >= 0.6 is 33.9 Å². The number of thiophene rings is 1. The van der Waals surface area contributed by atoms with Crippen LogP contribution < -0.4 is 10.1 Å². The highest BCUT2D eigenvalue weighted by Crippen LogP contribution is 2.39. The van der Waals surface area contributed by atoms with Gasteiger partial charge in [0.1, 0.15) is 11.2 Å². The number of amides is 1. The Bertz CT molecular complexity index is 908. The Morgan fingerprint density at radius 3 is 2.92 bits per heavy atom. The van der Waals surface area contributed by atoms with Gasteiger partial charge in [-0.15, -0.1) is 11.3 Å². The van der Waals surface area contributed by atoms with Crippen molar-refractivity contribution in [2.75, 3.05) is 11.9 Å². The number of hydrogen-bond acceptors (Lipinski definition) is 5. The number of nitrogens with one attached hydrogen (secondary N) is 1. The summed E-state index contributed by atoms with van der Waals surface area (Å²) in [5.74, 6) is 0.312. The Kier molecular flexibility index (Phi) is 4.36. The molecule has 1 amide bonds. The fourth-order valence-corrected chi connectivity index (χ4v) is 4.45. The van der Waals surface area contributed by atoms with Crippen LogP contribution in [0.3, 0.4) is 0 Å². The number of aromatic nitrogens is 2. The molecule has 0 unspecified atom stereocenters. The second kappa shape index (κ2) is 6.64. The first-order chi connectivity index (χ1) is 11.7. The predicted molar refractivity (Wildman–Crippen MR) is 103 cm³/mol. The first-order valence-electron chi connectivity index (χ1n) is 7.64. The molecule has 0 atom stereocenters. The molecule has 0 fully saturated rings. The Morgan fingerprint density at radius 1 is 1.25 bits per heavy atom. The van der Waals surface area contributed by atoms with Gasteiger partial charge in [0, 0.05) is 14.1 Å². The van der Waals surface area contributed by atoms with Crippen molar-refractivity contribution in [1.82, 2.24) is 9.97 Å². The van der Waals surface area contributed by atoms with E-state index >= 15 is 0 Å². The van der Waals surface area contributed by atoms with E-state index < -0.39 is 0 Å². The molecule has 1 aliphatic rings. The molecule has 5 nitrogen and oxygen atoms in total. The molecular weight excluding hydrogens is 437 g/mol. The minimum atomic E-state index is -0.199. The zero-order valence-electron chi connectivity index (χ0n) is 12.7. The Morgan fingerprint density at radius 2 is 2.08 bits per heavy atom. The van der Waals surface area contributed by atoms with Crippen molar-refractivity contribution in [3.63, 3.8) is 0 Å². The number of carbonyl (C=O) groups is 1. The van der Waals surface area contributed by atoms with Crippen LogP contribution in [0.1, 0.15) is 16.9 Å². The maximum atomic E-state index is 12.1. The number of anilines is 1. The van der Waals surface area contributed by atoms with Gasteiger partial charge in [-0.25, -0.2) is 9.97 Å². The summed E-state index contributed by atoms with van der Waals surface area (Å²) in [6.07, 6.45) is 4.80. The molecule has 0 radical (unpaired) electrons. The molecule has 2 heterocycles. The van der Waals surface area contributed by atoms with Crippen molar-refractivity contribution >= 4 is 55.7 Å². The van der Waals surface area contributed by atoms with E-state index in [0.717, 1.165) is 32.3 Å². The first kappa shape index (κ1) is 15.8. The number of carbonyl (C=O) groups excluding carboxylic acids is 1. The molecule has 2 aromatic heterocycles. The number of fused-ring (bicyclic) bond motifs is 3. The van der Waals surface area contributed by atoms with E-state index in [1.807, 2.05) is 24.3 Å². The van der Waals surface area contributed by atoms with Gasteiger partial charge in [-0.05, 0) is 71.7 Å². The van der Waals surface area contributed by atoms with Gasteiger partial charge in [0.25, 0.3) is 5.91 Å². The van der Waals surface area contributed by atoms with Gasteiger partial charge in [-0.1, -0.05) is 0 Å². The molecule has 122 valence electrons. The van der Waals surface area contributed by atoms with E-state index in [1.54, 1.807) is 11.3 Å². The Labute approximate surface area is 156 Å². The van der Waals surface area contributed by atoms with Crippen molar-refractivity contribution < 1.29 is 9.53 Å². The molecule has 1 aromatic carbocycles. The number of benzene rings is 1. The first-order valence-corrected chi connectivity index (χ1v) is 9.54. The van der Waals surface area contributed by atoms with Gasteiger partial charge < -0.3 is 10.1 Å². The van der Waals surface area contributed by atoms with E-state index in [9.17, 15) is 4.79 Å². The molecule has 1 N–H and O–H groups in total. The summed E-state index contributed by atoms with van der Waals surface area (Å²) in [4.78, 5) is 23.0. The van der Waals surface area contributed by atoms with E-state index in [1.165, 1.54) is 23.2 Å². The lowest BCUT2D eigenvalue weighted by molar-refractivity contribution is -0.118. The molecule has 0 saturated carbocycles. The van der Waals surface area contributed by atoms with Crippen LogP contribution in [0.4, 0.5) is 5.69 Å². The maximum Gasteiger partial charge on any atom is 0.262 e. The van der Waals surface area contributed by atoms with Crippen molar-refractivity contribution in [1.29, 1.82) is 0 Å². The number of halogens is 1. The molecule has 3 aromatic rings. The third-order valence-corrected chi connectivity index (χ3v) is 5.85. The van der Waals surface area contributed by atoms with Gasteiger partial charge in [0.2, 0.25) is 5.88 Å². The van der Waals surface area contributed by atoms with Gasteiger partial charge in [-0.3, -0.25) is 4.79 Å². The molecule has 0 aliphatic heterocycles. The van der Waals surface area contributed by atoms with Gasteiger partial charge >= 0.3 is 0 Å². The number of ether oxygens (including phenoxy) is 1. The normalized spacial score (nSPS) is 13.0. The molecule has 0 bridgehead atoms. The van der Waals surface area contributed by atoms with Gasteiger partial charge in [-0.2, -0.15) is 0 Å². The minimum absolute atomic E-state index is 0.0667. The van der Waals surface area contributed by atoms with Crippen LogP contribution in [-0.4, -0.2) is 22.5 Å². The highest BCUT2D eigenvalue weighted by molar-refractivity contribution is 14.1. The predicted octanol–water partition coefficient (Wildman–Crippen LogP) is 3.80. The fourth-order valence-electron chi connectivity index (χ4n) is 2.87. The van der Waals surface area contributed by atoms with Crippen LogP contribution in [0.2, 0.25) is 0 Å². The van der Waals surface area contributed by atoms with Crippen molar-refractivity contribution in [3.05, 3.63) is 44.6 Å². The lowest BCUT2D eigenvalue weighted by atomic mass is 10.2. The number of nitrogens with zero attached hydrogens (tertiary/aromatic N) is 2. The lowest BCUT2D eigenvalue weighted by Gasteiger charge is -2.08. The van der Waals surface area contributed by atoms with Crippen molar-refractivity contribution in [3.8, 4) is 5.88 Å². The van der Waals surface area contributed by atoms with Crippen LogP contribution in [0.5, 0.6) is 5.88 Å². The summed E-state index contributed by atoms with van der Waals surface area (Å²) in [7, 11) is 0. The zero-order chi connectivity index (χ0) is 16.5. The van der Waals surface area contributed by atoms with Crippen LogP contribution in [0, 0.1) is 3.57 Å².